The first-order valence-electron chi connectivity index (χ1n) is 4.06. The topological polar surface area (TPSA) is 17.1 Å². The van der Waals surface area contributed by atoms with E-state index in [0.29, 0.717) is 5.75 Å². The molecule has 0 fully saturated rings. The Balaban J connectivity index is 2.55. The van der Waals surface area contributed by atoms with Crippen molar-refractivity contribution in [3.8, 4) is 11.8 Å². The molecule has 1 aromatic rings. The maximum absolute atomic E-state index is 10.6. The van der Waals surface area contributed by atoms with Crippen LogP contribution in [0.15, 0.2) is 28.7 Å². The number of carbonyl (C=O) groups excluding carboxylic acids is 1. The van der Waals surface area contributed by atoms with Gasteiger partial charge in [-0.2, -0.15) is 0 Å². The third kappa shape index (κ3) is 4.50. The molecule has 0 aliphatic carbocycles. The van der Waals surface area contributed by atoms with Crippen molar-refractivity contribution in [2.24, 2.45) is 0 Å². The fourth-order valence-corrected chi connectivity index (χ4v) is 1.59. The summed E-state index contributed by atoms with van der Waals surface area (Å²) in [5.74, 6) is 6.48. The second-order valence-electron chi connectivity index (χ2n) is 2.59. The van der Waals surface area contributed by atoms with E-state index >= 15 is 0 Å². The first-order valence-corrected chi connectivity index (χ1v) is 5.84. The quantitative estimate of drug-likeness (QED) is 0.729. The van der Waals surface area contributed by atoms with E-state index in [2.05, 4.69) is 27.8 Å². The molecular formula is C11H9BrOS. The van der Waals surface area contributed by atoms with Crippen molar-refractivity contribution in [3.63, 3.8) is 0 Å². The molecule has 14 heavy (non-hydrogen) atoms. The van der Waals surface area contributed by atoms with Gasteiger partial charge in [-0.05, 0) is 18.2 Å². The predicted molar refractivity (Wildman–Crippen MR) is 64.2 cm³/mol. The zero-order chi connectivity index (χ0) is 10.4. The van der Waals surface area contributed by atoms with Crippen LogP contribution in [0.25, 0.3) is 0 Å². The lowest BCUT2D eigenvalue weighted by molar-refractivity contribution is -0.109. The SMILES string of the molecule is CC(=O)SCC#Cc1cccc(Br)c1. The molecule has 0 aliphatic heterocycles. The molecule has 3 heteroatoms. The van der Waals surface area contributed by atoms with E-state index < -0.39 is 0 Å². The second kappa shape index (κ2) is 5.90. The molecule has 0 aromatic heterocycles. The molecule has 0 bridgehead atoms. The van der Waals surface area contributed by atoms with Crippen LogP contribution in [-0.4, -0.2) is 10.9 Å². The maximum Gasteiger partial charge on any atom is 0.186 e. The molecular weight excluding hydrogens is 260 g/mol. The Hall–Kier alpha value is -0.720. The first-order chi connectivity index (χ1) is 6.68. The molecule has 1 aromatic carbocycles. The van der Waals surface area contributed by atoms with Crippen molar-refractivity contribution in [1.82, 2.24) is 0 Å². The van der Waals surface area contributed by atoms with Gasteiger partial charge in [-0.3, -0.25) is 4.79 Å². The van der Waals surface area contributed by atoms with Crippen molar-refractivity contribution in [3.05, 3.63) is 34.3 Å². The summed E-state index contributed by atoms with van der Waals surface area (Å²) in [4.78, 5) is 10.6. The van der Waals surface area contributed by atoms with Crippen LogP contribution >= 0.6 is 27.7 Å². The molecule has 0 spiro atoms. The highest BCUT2D eigenvalue weighted by molar-refractivity contribution is 9.10. The molecule has 1 rings (SSSR count). The summed E-state index contributed by atoms with van der Waals surface area (Å²) >= 11 is 4.60. The molecule has 1 nitrogen and oxygen atoms in total. The number of carbonyl (C=O) groups is 1. The van der Waals surface area contributed by atoms with Crippen molar-refractivity contribution in [2.45, 2.75) is 6.92 Å². The second-order valence-corrected chi connectivity index (χ2v) is 4.66. The fourth-order valence-electron chi connectivity index (χ4n) is 0.842. The molecule has 0 aliphatic rings. The van der Waals surface area contributed by atoms with Gasteiger partial charge in [0.25, 0.3) is 0 Å². The minimum absolute atomic E-state index is 0.105. The van der Waals surface area contributed by atoms with Gasteiger partial charge in [-0.1, -0.05) is 45.6 Å². The fraction of sp³-hybridized carbons (Fsp3) is 0.182. The Kier molecular flexibility index (Phi) is 4.78. The lowest BCUT2D eigenvalue weighted by Crippen LogP contribution is -1.82. The van der Waals surface area contributed by atoms with E-state index in [4.69, 9.17) is 0 Å². The molecule has 0 atom stereocenters. The lowest BCUT2D eigenvalue weighted by atomic mass is 10.2. The molecule has 0 heterocycles. The zero-order valence-corrected chi connectivity index (χ0v) is 10.1. The molecule has 72 valence electrons. The average molecular weight is 269 g/mol. The Bertz CT molecular complexity index is 390. The number of halogens is 1. The summed E-state index contributed by atoms with van der Waals surface area (Å²) in [5.41, 5.74) is 0.962. The van der Waals surface area contributed by atoms with E-state index in [9.17, 15) is 4.79 Å². The normalized spacial score (nSPS) is 9.00. The number of rotatable bonds is 1. The maximum atomic E-state index is 10.6. The number of benzene rings is 1. The van der Waals surface area contributed by atoms with Gasteiger partial charge in [0.15, 0.2) is 5.12 Å². The largest absolute Gasteiger partial charge is 0.288 e. The Morgan fingerprint density at radius 1 is 1.57 bits per heavy atom. The van der Waals surface area contributed by atoms with E-state index in [1.807, 2.05) is 24.3 Å². The van der Waals surface area contributed by atoms with Crippen LogP contribution in [0.4, 0.5) is 0 Å². The predicted octanol–water partition coefficient (Wildman–Crippen LogP) is 3.08. The van der Waals surface area contributed by atoms with Crippen LogP contribution in [0.3, 0.4) is 0 Å². The highest BCUT2D eigenvalue weighted by Gasteiger charge is 1.90. The number of thioether (sulfide) groups is 1. The Morgan fingerprint density at radius 3 is 3.00 bits per heavy atom. The summed E-state index contributed by atoms with van der Waals surface area (Å²) in [6.07, 6.45) is 0. The van der Waals surface area contributed by atoms with Crippen LogP contribution in [0.5, 0.6) is 0 Å². The monoisotopic (exact) mass is 268 g/mol. The summed E-state index contributed by atoms with van der Waals surface area (Å²) < 4.78 is 1.02. The highest BCUT2D eigenvalue weighted by atomic mass is 79.9. The Morgan fingerprint density at radius 2 is 2.36 bits per heavy atom. The molecule has 0 saturated carbocycles. The smallest absolute Gasteiger partial charge is 0.186 e. The van der Waals surface area contributed by atoms with E-state index in [-0.39, 0.29) is 5.12 Å². The molecule has 0 N–H and O–H groups in total. The summed E-state index contributed by atoms with van der Waals surface area (Å²) in [5, 5.41) is 0.105. The van der Waals surface area contributed by atoms with Gasteiger partial charge >= 0.3 is 0 Å². The van der Waals surface area contributed by atoms with E-state index in [1.165, 1.54) is 11.8 Å². The molecule has 0 unspecified atom stereocenters. The van der Waals surface area contributed by atoms with Crippen molar-refractivity contribution in [2.75, 3.05) is 5.75 Å². The molecule has 0 radical (unpaired) electrons. The summed E-state index contributed by atoms with van der Waals surface area (Å²) in [7, 11) is 0. The van der Waals surface area contributed by atoms with Crippen molar-refractivity contribution >= 4 is 32.8 Å². The summed E-state index contributed by atoms with van der Waals surface area (Å²) in [6, 6.07) is 7.78. The first kappa shape index (κ1) is 11.4. The third-order valence-corrected chi connectivity index (χ3v) is 2.59. The van der Waals surface area contributed by atoms with Crippen molar-refractivity contribution in [1.29, 1.82) is 0 Å². The van der Waals surface area contributed by atoms with Gasteiger partial charge in [0.2, 0.25) is 0 Å². The average Bonchev–Trinajstić information content (AvgIpc) is 2.12. The van der Waals surface area contributed by atoms with Gasteiger partial charge < -0.3 is 0 Å². The van der Waals surface area contributed by atoms with Gasteiger partial charge in [0.1, 0.15) is 0 Å². The van der Waals surface area contributed by atoms with Gasteiger partial charge in [-0.25, -0.2) is 0 Å². The lowest BCUT2D eigenvalue weighted by Gasteiger charge is -1.90. The molecule has 0 amide bonds. The van der Waals surface area contributed by atoms with Gasteiger partial charge in [0, 0.05) is 17.0 Å². The van der Waals surface area contributed by atoms with E-state index in [0.717, 1.165) is 10.0 Å². The number of hydrogen-bond donors (Lipinski definition) is 0. The van der Waals surface area contributed by atoms with Crippen LogP contribution in [-0.2, 0) is 4.79 Å². The molecule has 0 saturated heterocycles. The summed E-state index contributed by atoms with van der Waals surface area (Å²) in [6.45, 7) is 1.55. The Labute approximate surface area is 96.4 Å². The zero-order valence-electron chi connectivity index (χ0n) is 7.71. The van der Waals surface area contributed by atoms with Crippen LogP contribution < -0.4 is 0 Å². The van der Waals surface area contributed by atoms with Crippen LogP contribution in [0.2, 0.25) is 0 Å². The van der Waals surface area contributed by atoms with Gasteiger partial charge in [0.05, 0.1) is 5.75 Å². The van der Waals surface area contributed by atoms with Crippen molar-refractivity contribution < 1.29 is 4.79 Å². The minimum atomic E-state index is 0.105. The minimum Gasteiger partial charge on any atom is -0.288 e. The standard InChI is InChI=1S/C11H9BrOS/c1-9(13)14-7-3-5-10-4-2-6-11(12)8-10/h2,4,6,8H,7H2,1H3. The van der Waals surface area contributed by atoms with E-state index in [1.54, 1.807) is 6.92 Å². The van der Waals surface area contributed by atoms with Crippen LogP contribution in [0, 0.1) is 11.8 Å². The number of hydrogen-bond acceptors (Lipinski definition) is 2. The van der Waals surface area contributed by atoms with Crippen LogP contribution in [0.1, 0.15) is 12.5 Å². The third-order valence-electron chi connectivity index (χ3n) is 1.40. The van der Waals surface area contributed by atoms with Gasteiger partial charge in [-0.15, -0.1) is 0 Å². The highest BCUT2D eigenvalue weighted by Crippen LogP contribution is 2.10.